The second-order valence-electron chi connectivity index (χ2n) is 8.52. The highest BCUT2D eigenvalue weighted by molar-refractivity contribution is 5.78. The fraction of sp³-hybridized carbons (Fsp3) is 0.296. The SMILES string of the molecule is O=C(CN1Cc2ccccc2O[C@H](c2ccccc2F)C1)NC[C@@H]1OCCc2ccccc21. The van der Waals surface area contributed by atoms with E-state index in [4.69, 9.17) is 9.47 Å². The highest BCUT2D eigenvalue weighted by atomic mass is 19.1. The third-order valence-electron chi connectivity index (χ3n) is 6.26. The summed E-state index contributed by atoms with van der Waals surface area (Å²) in [5.74, 6) is 0.327. The first kappa shape index (κ1) is 21.6. The Kier molecular flexibility index (Phi) is 6.37. The highest BCUT2D eigenvalue weighted by Crippen LogP contribution is 2.32. The van der Waals surface area contributed by atoms with Crippen LogP contribution in [-0.2, 0) is 22.5 Å². The van der Waals surface area contributed by atoms with Crippen molar-refractivity contribution in [1.29, 1.82) is 0 Å². The number of carbonyl (C=O) groups is 1. The Morgan fingerprint density at radius 3 is 2.55 bits per heavy atom. The van der Waals surface area contributed by atoms with E-state index in [1.54, 1.807) is 18.2 Å². The van der Waals surface area contributed by atoms with Crippen molar-refractivity contribution in [2.45, 2.75) is 25.2 Å². The first-order valence-electron chi connectivity index (χ1n) is 11.3. The molecule has 0 unspecified atom stereocenters. The second kappa shape index (κ2) is 9.73. The zero-order valence-corrected chi connectivity index (χ0v) is 18.4. The van der Waals surface area contributed by atoms with Gasteiger partial charge in [0.25, 0.3) is 0 Å². The van der Waals surface area contributed by atoms with Crippen molar-refractivity contribution in [2.75, 3.05) is 26.2 Å². The molecule has 0 radical (unpaired) electrons. The van der Waals surface area contributed by atoms with E-state index in [-0.39, 0.29) is 24.4 Å². The van der Waals surface area contributed by atoms with E-state index >= 15 is 0 Å². The molecule has 2 aliphatic heterocycles. The molecular weight excluding hydrogens is 419 g/mol. The number of halogens is 1. The van der Waals surface area contributed by atoms with Gasteiger partial charge in [-0.1, -0.05) is 60.7 Å². The molecule has 0 spiro atoms. The molecule has 0 saturated carbocycles. The van der Waals surface area contributed by atoms with E-state index in [0.717, 1.165) is 23.3 Å². The van der Waals surface area contributed by atoms with Crippen LogP contribution in [0.1, 0.15) is 34.5 Å². The number of fused-ring (bicyclic) bond motifs is 2. The Balaban J connectivity index is 1.28. The molecule has 1 amide bonds. The number of hydrogen-bond donors (Lipinski definition) is 1. The zero-order valence-electron chi connectivity index (χ0n) is 18.4. The number of rotatable bonds is 5. The van der Waals surface area contributed by atoms with E-state index in [2.05, 4.69) is 17.4 Å². The minimum absolute atomic E-state index is 0.0895. The number of hydrogen-bond acceptors (Lipinski definition) is 4. The molecule has 5 nitrogen and oxygen atoms in total. The molecule has 3 aromatic rings. The summed E-state index contributed by atoms with van der Waals surface area (Å²) in [7, 11) is 0. The van der Waals surface area contributed by atoms with Crippen LogP contribution in [0.5, 0.6) is 5.75 Å². The van der Waals surface area contributed by atoms with Crippen LogP contribution in [0.25, 0.3) is 0 Å². The first-order valence-corrected chi connectivity index (χ1v) is 11.3. The summed E-state index contributed by atoms with van der Waals surface area (Å²) in [5.41, 5.74) is 3.89. The van der Waals surface area contributed by atoms with Gasteiger partial charge in [0.1, 0.15) is 23.8 Å². The molecule has 0 fully saturated rings. The summed E-state index contributed by atoms with van der Waals surface area (Å²) in [6.45, 7) is 2.23. The number of nitrogens with zero attached hydrogens (tertiary/aromatic N) is 1. The van der Waals surface area contributed by atoms with Gasteiger partial charge in [0.2, 0.25) is 5.91 Å². The van der Waals surface area contributed by atoms with Crippen molar-refractivity contribution >= 4 is 5.91 Å². The van der Waals surface area contributed by atoms with Gasteiger partial charge in [-0.2, -0.15) is 0 Å². The Morgan fingerprint density at radius 1 is 0.970 bits per heavy atom. The van der Waals surface area contributed by atoms with Gasteiger partial charge in [-0.25, -0.2) is 4.39 Å². The molecule has 3 aromatic carbocycles. The van der Waals surface area contributed by atoms with Crippen LogP contribution in [0, 0.1) is 5.82 Å². The quantitative estimate of drug-likeness (QED) is 0.639. The molecule has 2 atom stereocenters. The van der Waals surface area contributed by atoms with Crippen molar-refractivity contribution in [3.63, 3.8) is 0 Å². The summed E-state index contributed by atoms with van der Waals surface area (Å²) < 4.78 is 26.6. The molecule has 0 bridgehead atoms. The average Bonchev–Trinajstić information content (AvgIpc) is 3.02. The summed E-state index contributed by atoms with van der Waals surface area (Å²) in [4.78, 5) is 14.9. The third-order valence-corrected chi connectivity index (χ3v) is 6.26. The minimum atomic E-state index is -0.504. The average molecular weight is 447 g/mol. The lowest BCUT2D eigenvalue weighted by molar-refractivity contribution is -0.123. The highest BCUT2D eigenvalue weighted by Gasteiger charge is 2.28. The van der Waals surface area contributed by atoms with Crippen molar-refractivity contribution in [3.05, 3.63) is 101 Å². The molecule has 0 saturated heterocycles. The van der Waals surface area contributed by atoms with Crippen molar-refractivity contribution in [1.82, 2.24) is 10.2 Å². The predicted octanol–water partition coefficient (Wildman–Crippen LogP) is 4.19. The Morgan fingerprint density at radius 2 is 1.70 bits per heavy atom. The maximum absolute atomic E-state index is 14.5. The summed E-state index contributed by atoms with van der Waals surface area (Å²) in [5, 5.41) is 3.03. The second-order valence-corrected chi connectivity index (χ2v) is 8.52. The van der Waals surface area contributed by atoms with Crippen LogP contribution in [0.2, 0.25) is 0 Å². The van der Waals surface area contributed by atoms with E-state index in [1.165, 1.54) is 11.6 Å². The number of carbonyl (C=O) groups excluding carboxylic acids is 1. The predicted molar refractivity (Wildman–Crippen MR) is 123 cm³/mol. The van der Waals surface area contributed by atoms with Gasteiger partial charge in [0.05, 0.1) is 13.2 Å². The van der Waals surface area contributed by atoms with Crippen LogP contribution in [0.3, 0.4) is 0 Å². The first-order chi connectivity index (χ1) is 16.2. The Bertz CT molecular complexity index is 1140. The van der Waals surface area contributed by atoms with E-state index in [0.29, 0.717) is 31.8 Å². The number of nitrogens with one attached hydrogen (secondary N) is 1. The third kappa shape index (κ3) is 4.92. The number of amides is 1. The van der Waals surface area contributed by atoms with Gasteiger partial charge in [0.15, 0.2) is 0 Å². The lowest BCUT2D eigenvalue weighted by Gasteiger charge is -2.27. The van der Waals surface area contributed by atoms with Crippen LogP contribution >= 0.6 is 0 Å². The maximum atomic E-state index is 14.5. The summed E-state index contributed by atoms with van der Waals surface area (Å²) >= 11 is 0. The van der Waals surface area contributed by atoms with E-state index in [1.807, 2.05) is 41.3 Å². The van der Waals surface area contributed by atoms with E-state index in [9.17, 15) is 9.18 Å². The van der Waals surface area contributed by atoms with Gasteiger partial charge in [-0.15, -0.1) is 0 Å². The van der Waals surface area contributed by atoms with Gasteiger partial charge in [-0.3, -0.25) is 9.69 Å². The van der Waals surface area contributed by atoms with Gasteiger partial charge in [0, 0.05) is 30.8 Å². The lowest BCUT2D eigenvalue weighted by Crippen LogP contribution is -2.40. The Labute approximate surface area is 193 Å². The van der Waals surface area contributed by atoms with Crippen LogP contribution in [0.15, 0.2) is 72.8 Å². The molecule has 0 aliphatic carbocycles. The maximum Gasteiger partial charge on any atom is 0.234 e. The lowest BCUT2D eigenvalue weighted by atomic mass is 9.97. The van der Waals surface area contributed by atoms with Gasteiger partial charge in [-0.05, 0) is 29.7 Å². The Hall–Kier alpha value is -3.22. The molecule has 2 aliphatic rings. The topological polar surface area (TPSA) is 50.8 Å². The van der Waals surface area contributed by atoms with Crippen LogP contribution < -0.4 is 10.1 Å². The standard InChI is InChI=1S/C27H27FN2O3/c28-23-11-5-4-10-22(23)26-17-30(16-20-8-2-6-12-24(20)33-26)18-27(31)29-15-25-21-9-3-1-7-19(21)13-14-32-25/h1-12,25-26H,13-18H2,(H,29,31)/t25-,26-/m0/s1. The largest absolute Gasteiger partial charge is 0.484 e. The van der Waals surface area contributed by atoms with Crippen molar-refractivity contribution in [3.8, 4) is 5.75 Å². The molecule has 5 rings (SSSR count). The number of ether oxygens (including phenoxy) is 2. The smallest absolute Gasteiger partial charge is 0.234 e. The molecule has 6 heteroatoms. The van der Waals surface area contributed by atoms with Crippen molar-refractivity contribution < 1.29 is 18.7 Å². The molecule has 0 aromatic heterocycles. The monoisotopic (exact) mass is 446 g/mol. The minimum Gasteiger partial charge on any atom is -0.484 e. The van der Waals surface area contributed by atoms with Crippen molar-refractivity contribution in [2.24, 2.45) is 0 Å². The van der Waals surface area contributed by atoms with Gasteiger partial charge >= 0.3 is 0 Å². The van der Waals surface area contributed by atoms with Crippen LogP contribution in [0.4, 0.5) is 4.39 Å². The summed E-state index contributed by atoms with van der Waals surface area (Å²) in [6.07, 6.45) is 0.250. The number of benzene rings is 3. The van der Waals surface area contributed by atoms with Gasteiger partial charge < -0.3 is 14.8 Å². The molecule has 2 heterocycles. The molecular formula is C27H27FN2O3. The van der Waals surface area contributed by atoms with E-state index < -0.39 is 6.10 Å². The fourth-order valence-electron chi connectivity index (χ4n) is 4.61. The zero-order chi connectivity index (χ0) is 22.6. The molecule has 33 heavy (non-hydrogen) atoms. The molecule has 170 valence electrons. The fourth-order valence-corrected chi connectivity index (χ4v) is 4.61. The number of para-hydroxylation sites is 1. The normalized spacial score (nSPS) is 20.2. The summed E-state index contributed by atoms with van der Waals surface area (Å²) in [6, 6.07) is 22.6. The molecule has 1 N–H and O–H groups in total. The van der Waals surface area contributed by atoms with Crippen LogP contribution in [-0.4, -0.2) is 37.0 Å².